The molecule has 0 radical (unpaired) electrons. The van der Waals surface area contributed by atoms with Crippen molar-refractivity contribution in [2.24, 2.45) is 0 Å². The van der Waals surface area contributed by atoms with Crippen molar-refractivity contribution in [3.05, 3.63) is 65.2 Å². The van der Waals surface area contributed by atoms with Gasteiger partial charge >= 0.3 is 0 Å². The molecule has 5 N–H and O–H groups in total. The van der Waals surface area contributed by atoms with Crippen LogP contribution in [0.15, 0.2) is 59.0 Å². The predicted molar refractivity (Wildman–Crippen MR) is 92.4 cm³/mol. The monoisotopic (exact) mass is 327 g/mol. The van der Waals surface area contributed by atoms with Gasteiger partial charge in [0.05, 0.1) is 0 Å². The Bertz CT molecular complexity index is 842. The summed E-state index contributed by atoms with van der Waals surface area (Å²) in [4.78, 5) is 12.2. The third-order valence-electron chi connectivity index (χ3n) is 3.35. The highest BCUT2D eigenvalue weighted by Crippen LogP contribution is 2.39. The molecular formula is C17H14ClN3O2. The van der Waals surface area contributed by atoms with E-state index in [1.54, 1.807) is 48.5 Å². The van der Waals surface area contributed by atoms with Crippen molar-refractivity contribution in [3.8, 4) is 11.3 Å². The molecule has 0 saturated heterocycles. The predicted octanol–water partition coefficient (Wildman–Crippen LogP) is 4.02. The van der Waals surface area contributed by atoms with E-state index in [0.29, 0.717) is 16.3 Å². The van der Waals surface area contributed by atoms with Crippen LogP contribution >= 0.6 is 11.6 Å². The van der Waals surface area contributed by atoms with Crippen LogP contribution in [0.25, 0.3) is 11.3 Å². The lowest BCUT2D eigenvalue weighted by molar-refractivity contribution is 0.102. The average molecular weight is 328 g/mol. The summed E-state index contributed by atoms with van der Waals surface area (Å²) in [7, 11) is 0. The molecule has 1 aromatic heterocycles. The van der Waals surface area contributed by atoms with E-state index >= 15 is 0 Å². The fraction of sp³-hybridized carbons (Fsp3) is 0. The van der Waals surface area contributed by atoms with Gasteiger partial charge in [0.25, 0.3) is 5.91 Å². The van der Waals surface area contributed by atoms with E-state index in [9.17, 15) is 4.79 Å². The number of anilines is 3. The number of carbonyl (C=O) groups is 1. The van der Waals surface area contributed by atoms with Gasteiger partial charge in [0.1, 0.15) is 11.4 Å². The lowest BCUT2D eigenvalue weighted by atomic mass is 10.1. The Balaban J connectivity index is 1.91. The van der Waals surface area contributed by atoms with Crippen molar-refractivity contribution in [2.75, 3.05) is 16.8 Å². The first-order chi connectivity index (χ1) is 11.1. The number of halogens is 1. The van der Waals surface area contributed by atoms with Crippen molar-refractivity contribution in [2.45, 2.75) is 0 Å². The maximum Gasteiger partial charge on any atom is 0.258 e. The third-order valence-corrected chi connectivity index (χ3v) is 3.60. The summed E-state index contributed by atoms with van der Waals surface area (Å²) in [5.41, 5.74) is 13.6. The topological polar surface area (TPSA) is 94.3 Å². The van der Waals surface area contributed by atoms with Gasteiger partial charge in [0, 0.05) is 16.1 Å². The van der Waals surface area contributed by atoms with E-state index in [0.717, 1.165) is 5.56 Å². The summed E-state index contributed by atoms with van der Waals surface area (Å²) in [6, 6.07) is 15.7. The Morgan fingerprint density at radius 2 is 1.61 bits per heavy atom. The Hall–Kier alpha value is -2.92. The number of hydrogen-bond acceptors (Lipinski definition) is 4. The highest BCUT2D eigenvalue weighted by atomic mass is 35.5. The molecule has 0 fully saturated rings. The highest BCUT2D eigenvalue weighted by molar-refractivity contribution is 6.30. The number of benzene rings is 2. The van der Waals surface area contributed by atoms with Crippen LogP contribution in [-0.2, 0) is 0 Å². The number of furan rings is 1. The lowest BCUT2D eigenvalue weighted by Crippen LogP contribution is -2.12. The number of rotatable bonds is 3. The number of nitrogen functional groups attached to an aromatic ring is 2. The molecule has 0 spiro atoms. The van der Waals surface area contributed by atoms with Gasteiger partial charge in [-0.15, -0.1) is 0 Å². The first kappa shape index (κ1) is 15.0. The Labute approximate surface area is 137 Å². The quantitative estimate of drug-likeness (QED) is 0.677. The summed E-state index contributed by atoms with van der Waals surface area (Å²) in [6.07, 6.45) is 0. The first-order valence-corrected chi connectivity index (χ1v) is 7.24. The minimum absolute atomic E-state index is 0.126. The summed E-state index contributed by atoms with van der Waals surface area (Å²) in [5.74, 6) is 0.192. The summed E-state index contributed by atoms with van der Waals surface area (Å²) < 4.78 is 5.64. The summed E-state index contributed by atoms with van der Waals surface area (Å²) in [5, 5.41) is 3.23. The largest absolute Gasteiger partial charge is 0.436 e. The Morgan fingerprint density at radius 3 is 2.26 bits per heavy atom. The highest BCUT2D eigenvalue weighted by Gasteiger charge is 2.19. The van der Waals surface area contributed by atoms with Gasteiger partial charge in [-0.1, -0.05) is 29.8 Å². The Kier molecular flexibility index (Phi) is 3.95. The third kappa shape index (κ3) is 3.00. The van der Waals surface area contributed by atoms with Crippen LogP contribution in [0, 0.1) is 0 Å². The molecule has 1 amide bonds. The number of nitrogens with one attached hydrogen (secondary N) is 1. The molecule has 3 rings (SSSR count). The van der Waals surface area contributed by atoms with Crippen molar-refractivity contribution >= 4 is 34.8 Å². The maximum atomic E-state index is 12.2. The van der Waals surface area contributed by atoms with Gasteiger partial charge in [-0.2, -0.15) is 0 Å². The minimum Gasteiger partial charge on any atom is -0.436 e. The molecule has 2 aromatic carbocycles. The van der Waals surface area contributed by atoms with Crippen LogP contribution in [0.3, 0.4) is 0 Å². The SMILES string of the molecule is Nc1c(NC(=O)c2ccccc2)oc(-c2ccc(Cl)cc2)c1N. The summed E-state index contributed by atoms with van der Waals surface area (Å²) in [6.45, 7) is 0. The van der Waals surface area contributed by atoms with Gasteiger partial charge in [-0.25, -0.2) is 0 Å². The van der Waals surface area contributed by atoms with E-state index < -0.39 is 0 Å². The van der Waals surface area contributed by atoms with E-state index in [4.69, 9.17) is 27.5 Å². The molecular weight excluding hydrogens is 314 g/mol. The Morgan fingerprint density at radius 1 is 0.957 bits per heavy atom. The normalized spacial score (nSPS) is 10.5. The minimum atomic E-state index is -0.325. The molecule has 0 aliphatic rings. The number of carbonyl (C=O) groups excluding carboxylic acids is 1. The summed E-state index contributed by atoms with van der Waals surface area (Å²) >= 11 is 5.87. The molecule has 116 valence electrons. The average Bonchev–Trinajstić information content (AvgIpc) is 2.85. The second kappa shape index (κ2) is 6.06. The lowest BCUT2D eigenvalue weighted by Gasteiger charge is -2.02. The molecule has 0 bridgehead atoms. The van der Waals surface area contributed by atoms with Crippen molar-refractivity contribution < 1.29 is 9.21 Å². The molecule has 0 unspecified atom stereocenters. The van der Waals surface area contributed by atoms with E-state index in [1.165, 1.54) is 0 Å². The van der Waals surface area contributed by atoms with Crippen molar-refractivity contribution in [1.29, 1.82) is 0 Å². The molecule has 0 atom stereocenters. The van der Waals surface area contributed by atoms with Crippen LogP contribution in [0.5, 0.6) is 0 Å². The smallest absolute Gasteiger partial charge is 0.258 e. The van der Waals surface area contributed by atoms with Gasteiger partial charge < -0.3 is 15.9 Å². The molecule has 6 heteroatoms. The molecule has 0 aliphatic carbocycles. The van der Waals surface area contributed by atoms with Crippen LogP contribution in [-0.4, -0.2) is 5.91 Å². The fourth-order valence-corrected chi connectivity index (χ4v) is 2.26. The van der Waals surface area contributed by atoms with Crippen LogP contribution < -0.4 is 16.8 Å². The molecule has 0 aliphatic heterocycles. The molecule has 5 nitrogen and oxygen atoms in total. The van der Waals surface area contributed by atoms with E-state index in [-0.39, 0.29) is 23.2 Å². The maximum absolute atomic E-state index is 12.2. The van der Waals surface area contributed by atoms with Gasteiger partial charge in [0.15, 0.2) is 5.76 Å². The number of nitrogens with two attached hydrogens (primary N) is 2. The second-order valence-electron chi connectivity index (χ2n) is 4.91. The van der Waals surface area contributed by atoms with Crippen LogP contribution in [0.1, 0.15) is 10.4 Å². The zero-order valence-electron chi connectivity index (χ0n) is 12.0. The standard InChI is InChI=1S/C17H14ClN3O2/c18-12-8-6-10(7-9-12)15-13(19)14(20)17(23-15)21-16(22)11-4-2-1-3-5-11/h1-9H,19-20H2,(H,21,22). The molecule has 3 aromatic rings. The van der Waals surface area contributed by atoms with Crippen molar-refractivity contribution in [1.82, 2.24) is 0 Å². The van der Waals surface area contributed by atoms with Gasteiger partial charge in [-0.05, 0) is 36.4 Å². The van der Waals surface area contributed by atoms with E-state index in [1.807, 2.05) is 6.07 Å². The zero-order valence-corrected chi connectivity index (χ0v) is 12.8. The molecule has 1 heterocycles. The second-order valence-corrected chi connectivity index (χ2v) is 5.35. The first-order valence-electron chi connectivity index (χ1n) is 6.86. The number of hydrogen-bond donors (Lipinski definition) is 3. The molecule has 23 heavy (non-hydrogen) atoms. The van der Waals surface area contributed by atoms with Gasteiger partial charge in [-0.3, -0.25) is 10.1 Å². The van der Waals surface area contributed by atoms with Crippen molar-refractivity contribution in [3.63, 3.8) is 0 Å². The number of amides is 1. The van der Waals surface area contributed by atoms with Crippen LogP contribution in [0.4, 0.5) is 17.3 Å². The fourth-order valence-electron chi connectivity index (χ4n) is 2.13. The van der Waals surface area contributed by atoms with Gasteiger partial charge in [0.2, 0.25) is 5.88 Å². The zero-order chi connectivity index (χ0) is 16.4. The van der Waals surface area contributed by atoms with E-state index in [2.05, 4.69) is 5.32 Å². The molecule has 0 saturated carbocycles. The van der Waals surface area contributed by atoms with Crippen LogP contribution in [0.2, 0.25) is 5.02 Å².